The van der Waals surface area contributed by atoms with Crippen LogP contribution in [0.3, 0.4) is 0 Å². The van der Waals surface area contributed by atoms with Gasteiger partial charge in [0.1, 0.15) is 6.10 Å². The minimum absolute atomic E-state index is 0.0209. The molecule has 0 spiro atoms. The maximum absolute atomic E-state index is 5.91. The van der Waals surface area contributed by atoms with Crippen molar-refractivity contribution in [2.24, 2.45) is 0 Å². The van der Waals surface area contributed by atoms with E-state index in [1.165, 1.54) is 0 Å². The van der Waals surface area contributed by atoms with Gasteiger partial charge < -0.3 is 10.1 Å². The van der Waals surface area contributed by atoms with Gasteiger partial charge in [0.2, 0.25) is 5.88 Å². The van der Waals surface area contributed by atoms with Gasteiger partial charge in [-0.1, -0.05) is 30.3 Å². The lowest BCUT2D eigenvalue weighted by Gasteiger charge is -2.15. The van der Waals surface area contributed by atoms with E-state index in [0.29, 0.717) is 5.88 Å². The van der Waals surface area contributed by atoms with Crippen molar-refractivity contribution in [1.29, 1.82) is 0 Å². The molecule has 2 heterocycles. The summed E-state index contributed by atoms with van der Waals surface area (Å²) in [6, 6.07) is 10.2. The molecule has 1 N–H and O–H groups in total. The van der Waals surface area contributed by atoms with Crippen molar-refractivity contribution in [1.82, 2.24) is 15.3 Å². The number of rotatable bonds is 3. The second-order valence-corrected chi connectivity index (χ2v) is 5.02. The highest BCUT2D eigenvalue weighted by Gasteiger charge is 2.13. The minimum atomic E-state index is -0.0209. The molecule has 0 saturated carbocycles. The summed E-state index contributed by atoms with van der Waals surface area (Å²) in [4.78, 5) is 9.11. The Labute approximate surface area is 119 Å². The number of nitrogens with zero attached hydrogens (tertiary/aromatic N) is 2. The molecule has 1 aliphatic heterocycles. The molecule has 4 heteroatoms. The fraction of sp³-hybridized carbons (Fsp3) is 0.375. The van der Waals surface area contributed by atoms with Gasteiger partial charge in [0.15, 0.2) is 0 Å². The quantitative estimate of drug-likeness (QED) is 0.929. The van der Waals surface area contributed by atoms with E-state index in [1.807, 2.05) is 25.1 Å². The van der Waals surface area contributed by atoms with Gasteiger partial charge in [-0.25, -0.2) is 4.98 Å². The van der Waals surface area contributed by atoms with Gasteiger partial charge in [-0.15, -0.1) is 0 Å². The van der Waals surface area contributed by atoms with Crippen LogP contribution in [0.4, 0.5) is 0 Å². The van der Waals surface area contributed by atoms with Gasteiger partial charge in [0, 0.05) is 25.9 Å². The standard InChI is InChI=1S/C16H19N3O/c1-12(13-5-3-2-4-6-13)20-16-11-18-14-7-9-17-10-8-15(14)19-16/h2-6,11-12,17H,7-10H2,1H3/t12-/m1/s1. The van der Waals surface area contributed by atoms with E-state index in [9.17, 15) is 0 Å². The molecule has 2 aromatic rings. The Morgan fingerprint density at radius 2 is 1.85 bits per heavy atom. The summed E-state index contributed by atoms with van der Waals surface area (Å²) in [6.45, 7) is 3.96. The van der Waals surface area contributed by atoms with Crippen LogP contribution in [-0.4, -0.2) is 23.1 Å². The molecular weight excluding hydrogens is 250 g/mol. The second-order valence-electron chi connectivity index (χ2n) is 5.02. The molecule has 0 amide bonds. The smallest absolute Gasteiger partial charge is 0.233 e. The normalized spacial score (nSPS) is 16.1. The predicted molar refractivity (Wildman–Crippen MR) is 77.8 cm³/mol. The molecule has 0 radical (unpaired) electrons. The number of fused-ring (bicyclic) bond motifs is 1. The van der Waals surface area contributed by atoms with Crippen molar-refractivity contribution >= 4 is 0 Å². The Kier molecular flexibility index (Phi) is 3.92. The van der Waals surface area contributed by atoms with Crippen LogP contribution < -0.4 is 10.1 Å². The first kappa shape index (κ1) is 13.1. The molecule has 0 aliphatic carbocycles. The van der Waals surface area contributed by atoms with E-state index >= 15 is 0 Å². The van der Waals surface area contributed by atoms with Gasteiger partial charge in [-0.05, 0) is 12.5 Å². The van der Waals surface area contributed by atoms with Crippen molar-refractivity contribution < 1.29 is 4.74 Å². The van der Waals surface area contributed by atoms with Crippen LogP contribution in [0.2, 0.25) is 0 Å². The van der Waals surface area contributed by atoms with E-state index in [2.05, 4.69) is 27.4 Å². The first-order valence-electron chi connectivity index (χ1n) is 7.10. The number of ether oxygens (including phenoxy) is 1. The average molecular weight is 269 g/mol. The highest BCUT2D eigenvalue weighted by molar-refractivity contribution is 5.21. The van der Waals surface area contributed by atoms with Gasteiger partial charge in [0.05, 0.1) is 17.6 Å². The third-order valence-electron chi connectivity index (χ3n) is 3.55. The molecule has 0 saturated heterocycles. The third-order valence-corrected chi connectivity index (χ3v) is 3.55. The number of benzene rings is 1. The van der Waals surface area contributed by atoms with Crippen LogP contribution in [0, 0.1) is 0 Å². The zero-order chi connectivity index (χ0) is 13.8. The summed E-state index contributed by atoms with van der Waals surface area (Å²) in [6.07, 6.45) is 3.58. The molecule has 0 fully saturated rings. The fourth-order valence-corrected chi connectivity index (χ4v) is 2.41. The van der Waals surface area contributed by atoms with Crippen LogP contribution in [0.1, 0.15) is 30.0 Å². The summed E-state index contributed by atoms with van der Waals surface area (Å²) >= 11 is 0. The van der Waals surface area contributed by atoms with E-state index in [1.54, 1.807) is 6.20 Å². The molecular formula is C16H19N3O. The average Bonchev–Trinajstić information content (AvgIpc) is 2.73. The molecule has 1 aromatic carbocycles. The predicted octanol–water partition coefficient (Wildman–Crippen LogP) is 2.30. The largest absolute Gasteiger partial charge is 0.469 e. The summed E-state index contributed by atoms with van der Waals surface area (Å²) < 4.78 is 5.91. The zero-order valence-electron chi connectivity index (χ0n) is 11.7. The lowest BCUT2D eigenvalue weighted by atomic mass is 10.1. The van der Waals surface area contributed by atoms with E-state index in [0.717, 1.165) is 42.9 Å². The Balaban J connectivity index is 1.76. The van der Waals surface area contributed by atoms with Crippen molar-refractivity contribution in [2.45, 2.75) is 25.9 Å². The minimum Gasteiger partial charge on any atom is -0.469 e. The third kappa shape index (κ3) is 2.96. The summed E-state index contributed by atoms with van der Waals surface area (Å²) in [5, 5.41) is 3.36. The van der Waals surface area contributed by atoms with Gasteiger partial charge in [-0.3, -0.25) is 4.98 Å². The van der Waals surface area contributed by atoms with E-state index in [4.69, 9.17) is 4.74 Å². The van der Waals surface area contributed by atoms with Gasteiger partial charge >= 0.3 is 0 Å². The highest BCUT2D eigenvalue weighted by Crippen LogP contribution is 2.20. The maximum Gasteiger partial charge on any atom is 0.233 e. The Morgan fingerprint density at radius 3 is 2.65 bits per heavy atom. The number of nitrogens with one attached hydrogen (secondary N) is 1. The molecule has 0 unspecified atom stereocenters. The Hall–Kier alpha value is -1.94. The van der Waals surface area contributed by atoms with Crippen molar-refractivity contribution in [3.05, 3.63) is 53.5 Å². The second kappa shape index (κ2) is 6.01. The molecule has 0 bridgehead atoms. The van der Waals surface area contributed by atoms with Crippen LogP contribution in [-0.2, 0) is 12.8 Å². The summed E-state index contributed by atoms with van der Waals surface area (Å²) in [5.41, 5.74) is 3.30. The maximum atomic E-state index is 5.91. The number of hydrogen-bond donors (Lipinski definition) is 1. The SMILES string of the molecule is C[C@@H](Oc1cnc2c(n1)CCNCC2)c1ccccc1. The molecule has 1 atom stereocenters. The van der Waals surface area contributed by atoms with Crippen LogP contribution in [0.15, 0.2) is 36.5 Å². The lowest BCUT2D eigenvalue weighted by molar-refractivity contribution is 0.215. The summed E-state index contributed by atoms with van der Waals surface area (Å²) in [7, 11) is 0. The van der Waals surface area contributed by atoms with E-state index < -0.39 is 0 Å². The first-order chi connectivity index (χ1) is 9.83. The van der Waals surface area contributed by atoms with Crippen LogP contribution in [0.25, 0.3) is 0 Å². The molecule has 3 rings (SSSR count). The highest BCUT2D eigenvalue weighted by atomic mass is 16.5. The van der Waals surface area contributed by atoms with Crippen molar-refractivity contribution in [3.8, 4) is 5.88 Å². The number of hydrogen-bond acceptors (Lipinski definition) is 4. The molecule has 104 valence electrons. The molecule has 4 nitrogen and oxygen atoms in total. The molecule has 1 aromatic heterocycles. The Morgan fingerprint density at radius 1 is 1.10 bits per heavy atom. The van der Waals surface area contributed by atoms with Gasteiger partial charge in [-0.2, -0.15) is 0 Å². The van der Waals surface area contributed by atoms with Crippen molar-refractivity contribution in [2.75, 3.05) is 13.1 Å². The molecule has 1 aliphatic rings. The van der Waals surface area contributed by atoms with Gasteiger partial charge in [0.25, 0.3) is 0 Å². The lowest BCUT2D eigenvalue weighted by Crippen LogP contribution is -2.16. The summed E-state index contributed by atoms with van der Waals surface area (Å²) in [5.74, 6) is 0.613. The first-order valence-corrected chi connectivity index (χ1v) is 7.10. The van der Waals surface area contributed by atoms with Crippen LogP contribution >= 0.6 is 0 Å². The van der Waals surface area contributed by atoms with Crippen molar-refractivity contribution in [3.63, 3.8) is 0 Å². The monoisotopic (exact) mass is 269 g/mol. The zero-order valence-corrected chi connectivity index (χ0v) is 11.7. The number of aromatic nitrogens is 2. The molecule has 20 heavy (non-hydrogen) atoms. The topological polar surface area (TPSA) is 47.0 Å². The van der Waals surface area contributed by atoms with E-state index in [-0.39, 0.29) is 6.10 Å². The fourth-order valence-electron chi connectivity index (χ4n) is 2.41. The van der Waals surface area contributed by atoms with Crippen LogP contribution in [0.5, 0.6) is 5.88 Å². The Bertz CT molecular complexity index is 571.